The molecule has 0 saturated carbocycles. The van der Waals surface area contributed by atoms with Crippen molar-refractivity contribution in [3.05, 3.63) is 34.7 Å². The van der Waals surface area contributed by atoms with Gasteiger partial charge in [-0.05, 0) is 26.3 Å². The van der Waals surface area contributed by atoms with Gasteiger partial charge in [-0.1, -0.05) is 6.07 Å². The van der Waals surface area contributed by atoms with Crippen molar-refractivity contribution in [1.82, 2.24) is 14.2 Å². The van der Waals surface area contributed by atoms with E-state index in [2.05, 4.69) is 5.32 Å². The van der Waals surface area contributed by atoms with Crippen LogP contribution in [0.25, 0.3) is 0 Å². The van der Waals surface area contributed by atoms with E-state index in [0.29, 0.717) is 19.5 Å². The van der Waals surface area contributed by atoms with Gasteiger partial charge in [0.15, 0.2) is 0 Å². The van der Waals surface area contributed by atoms with Gasteiger partial charge in [0, 0.05) is 31.4 Å². The van der Waals surface area contributed by atoms with E-state index in [1.165, 1.54) is 21.2 Å². The summed E-state index contributed by atoms with van der Waals surface area (Å²) in [5, 5.41) is 2.68. The Morgan fingerprint density at radius 1 is 1.36 bits per heavy atom. The number of carbonyl (C=O) groups is 1. The Bertz CT molecular complexity index is 652. The summed E-state index contributed by atoms with van der Waals surface area (Å²) in [6.45, 7) is 4.28. The summed E-state index contributed by atoms with van der Waals surface area (Å²) < 4.78 is 25.9. The maximum Gasteiger partial charge on any atom is 0.250 e. The molecule has 0 radical (unpaired) electrons. The van der Waals surface area contributed by atoms with Gasteiger partial charge in [0.05, 0.1) is 6.26 Å². The molecule has 0 atom stereocenters. The van der Waals surface area contributed by atoms with Gasteiger partial charge in [0.1, 0.15) is 6.54 Å². The highest BCUT2D eigenvalue weighted by Gasteiger charge is 2.19. The highest BCUT2D eigenvalue weighted by molar-refractivity contribution is 7.88. The number of amides is 1. The lowest BCUT2D eigenvalue weighted by atomic mass is 10.3. The second-order valence-electron chi connectivity index (χ2n) is 5.34. The van der Waals surface area contributed by atoms with Crippen molar-refractivity contribution in [2.45, 2.75) is 32.9 Å². The number of aromatic nitrogens is 1. The predicted octanol–water partition coefficient (Wildman–Crippen LogP) is 0.0246. The van der Waals surface area contributed by atoms with Crippen LogP contribution in [-0.4, -0.2) is 48.6 Å². The third-order valence-corrected chi connectivity index (χ3v) is 4.55. The Morgan fingerprint density at radius 2 is 2.05 bits per heavy atom. The SMILES string of the molecule is CC(C)N(CCCNC(=O)Cn1ccccc1=O)S(C)(=O)=O. The lowest BCUT2D eigenvalue weighted by Crippen LogP contribution is -2.39. The van der Waals surface area contributed by atoms with E-state index in [4.69, 9.17) is 0 Å². The molecular formula is C14H23N3O4S. The van der Waals surface area contributed by atoms with Gasteiger partial charge in [-0.25, -0.2) is 8.42 Å². The minimum absolute atomic E-state index is 0.0420. The number of sulfonamides is 1. The molecule has 1 rings (SSSR count). The molecule has 1 aromatic rings. The van der Waals surface area contributed by atoms with E-state index >= 15 is 0 Å². The maximum atomic E-state index is 11.7. The van der Waals surface area contributed by atoms with Crippen LogP contribution in [-0.2, 0) is 21.4 Å². The van der Waals surface area contributed by atoms with Crippen LogP contribution in [0.15, 0.2) is 29.2 Å². The Morgan fingerprint density at radius 3 is 2.59 bits per heavy atom. The molecule has 0 saturated heterocycles. The molecule has 0 aliphatic rings. The van der Waals surface area contributed by atoms with Gasteiger partial charge < -0.3 is 9.88 Å². The van der Waals surface area contributed by atoms with E-state index in [1.54, 1.807) is 32.2 Å². The molecular weight excluding hydrogens is 306 g/mol. The number of pyridine rings is 1. The van der Waals surface area contributed by atoms with E-state index < -0.39 is 10.0 Å². The average molecular weight is 329 g/mol. The lowest BCUT2D eigenvalue weighted by molar-refractivity contribution is -0.121. The zero-order valence-electron chi connectivity index (χ0n) is 13.2. The molecule has 22 heavy (non-hydrogen) atoms. The van der Waals surface area contributed by atoms with Crippen LogP contribution >= 0.6 is 0 Å². The first-order valence-corrected chi connectivity index (χ1v) is 8.95. The van der Waals surface area contributed by atoms with Gasteiger partial charge in [-0.3, -0.25) is 9.59 Å². The average Bonchev–Trinajstić information content (AvgIpc) is 2.39. The van der Waals surface area contributed by atoms with Crippen molar-refractivity contribution in [1.29, 1.82) is 0 Å². The molecule has 0 spiro atoms. The third kappa shape index (κ3) is 5.98. The number of hydrogen-bond acceptors (Lipinski definition) is 4. The number of hydrogen-bond donors (Lipinski definition) is 1. The van der Waals surface area contributed by atoms with Crippen molar-refractivity contribution in [3.8, 4) is 0 Å². The highest BCUT2D eigenvalue weighted by Crippen LogP contribution is 2.05. The molecule has 0 aromatic carbocycles. The molecule has 1 N–H and O–H groups in total. The van der Waals surface area contributed by atoms with Crippen molar-refractivity contribution in [3.63, 3.8) is 0 Å². The van der Waals surface area contributed by atoms with Gasteiger partial charge in [-0.2, -0.15) is 4.31 Å². The molecule has 8 heteroatoms. The van der Waals surface area contributed by atoms with Crippen LogP contribution in [0.1, 0.15) is 20.3 Å². The molecule has 0 aliphatic carbocycles. The molecule has 1 amide bonds. The number of rotatable bonds is 8. The monoisotopic (exact) mass is 329 g/mol. The molecule has 1 heterocycles. The standard InChI is InChI=1S/C14H23N3O4S/c1-12(2)17(22(3,20)21)10-6-8-15-13(18)11-16-9-5-4-7-14(16)19/h4-5,7,9,12H,6,8,10-11H2,1-3H3,(H,15,18). The minimum Gasteiger partial charge on any atom is -0.355 e. The summed E-state index contributed by atoms with van der Waals surface area (Å²) in [4.78, 5) is 23.2. The van der Waals surface area contributed by atoms with Gasteiger partial charge in [0.2, 0.25) is 15.9 Å². The van der Waals surface area contributed by atoms with Crippen LogP contribution in [0.5, 0.6) is 0 Å². The van der Waals surface area contributed by atoms with Crippen molar-refractivity contribution < 1.29 is 13.2 Å². The first-order chi connectivity index (χ1) is 10.2. The van der Waals surface area contributed by atoms with Gasteiger partial charge >= 0.3 is 0 Å². The third-order valence-electron chi connectivity index (χ3n) is 3.09. The van der Waals surface area contributed by atoms with Crippen molar-refractivity contribution in [2.75, 3.05) is 19.3 Å². The van der Waals surface area contributed by atoms with E-state index in [0.717, 1.165) is 0 Å². The maximum absolute atomic E-state index is 11.7. The fraction of sp³-hybridized carbons (Fsp3) is 0.571. The predicted molar refractivity (Wildman–Crippen MR) is 85.0 cm³/mol. The van der Waals surface area contributed by atoms with Crippen molar-refractivity contribution in [2.24, 2.45) is 0 Å². The van der Waals surface area contributed by atoms with Gasteiger partial charge in [-0.15, -0.1) is 0 Å². The molecule has 124 valence electrons. The summed E-state index contributed by atoms with van der Waals surface area (Å²) in [5.74, 6) is -0.274. The van der Waals surface area contributed by atoms with Crippen LogP contribution < -0.4 is 10.9 Å². The Balaban J connectivity index is 2.40. The van der Waals surface area contributed by atoms with E-state index in [9.17, 15) is 18.0 Å². The molecule has 0 aliphatic heterocycles. The molecule has 7 nitrogen and oxygen atoms in total. The first kappa shape index (κ1) is 18.4. The largest absolute Gasteiger partial charge is 0.355 e. The fourth-order valence-corrected chi connectivity index (χ4v) is 3.30. The molecule has 0 fully saturated rings. The number of nitrogens with zero attached hydrogens (tertiary/aromatic N) is 2. The number of nitrogens with one attached hydrogen (secondary N) is 1. The summed E-state index contributed by atoms with van der Waals surface area (Å²) in [5.41, 5.74) is -0.235. The summed E-state index contributed by atoms with van der Waals surface area (Å²) >= 11 is 0. The fourth-order valence-electron chi connectivity index (χ4n) is 2.07. The summed E-state index contributed by atoms with van der Waals surface area (Å²) in [7, 11) is -3.24. The van der Waals surface area contributed by atoms with Gasteiger partial charge in [0.25, 0.3) is 5.56 Å². The van der Waals surface area contributed by atoms with Crippen LogP contribution in [0.3, 0.4) is 0 Å². The molecule has 0 unspecified atom stereocenters. The van der Waals surface area contributed by atoms with E-state index in [1.807, 2.05) is 0 Å². The quantitative estimate of drug-likeness (QED) is 0.681. The zero-order chi connectivity index (χ0) is 16.8. The summed E-state index contributed by atoms with van der Waals surface area (Å²) in [6, 6.07) is 4.57. The lowest BCUT2D eigenvalue weighted by Gasteiger charge is -2.23. The topological polar surface area (TPSA) is 88.5 Å². The first-order valence-electron chi connectivity index (χ1n) is 7.11. The number of carbonyl (C=O) groups excluding carboxylic acids is 1. The van der Waals surface area contributed by atoms with Crippen molar-refractivity contribution >= 4 is 15.9 Å². The molecule has 1 aromatic heterocycles. The Labute approximate surface area is 131 Å². The normalized spacial score (nSPS) is 11.9. The molecule has 0 bridgehead atoms. The second kappa shape index (κ2) is 8.09. The van der Waals surface area contributed by atoms with Crippen LogP contribution in [0, 0.1) is 0 Å². The smallest absolute Gasteiger partial charge is 0.250 e. The summed E-state index contributed by atoms with van der Waals surface area (Å²) in [6.07, 6.45) is 3.24. The van der Waals surface area contributed by atoms with Crippen LogP contribution in [0.2, 0.25) is 0 Å². The minimum atomic E-state index is -3.24. The van der Waals surface area contributed by atoms with Crippen LogP contribution in [0.4, 0.5) is 0 Å². The van der Waals surface area contributed by atoms with E-state index in [-0.39, 0.29) is 24.1 Å². The zero-order valence-corrected chi connectivity index (χ0v) is 14.0. The second-order valence-corrected chi connectivity index (χ2v) is 7.27. The Hall–Kier alpha value is -1.67. The Kier molecular flexibility index (Phi) is 6.76. The highest BCUT2D eigenvalue weighted by atomic mass is 32.2.